The summed E-state index contributed by atoms with van der Waals surface area (Å²) in [5, 5.41) is 7.57. The van der Waals surface area contributed by atoms with Crippen LogP contribution in [0.15, 0.2) is 0 Å². The molecule has 0 amide bonds. The van der Waals surface area contributed by atoms with E-state index < -0.39 is 23.8 Å². The van der Waals surface area contributed by atoms with E-state index in [0.29, 0.717) is 0 Å². The van der Waals surface area contributed by atoms with Gasteiger partial charge in [0.05, 0.1) is 6.61 Å². The maximum Gasteiger partial charge on any atom is 0.450 e. The van der Waals surface area contributed by atoms with Crippen molar-refractivity contribution in [1.82, 2.24) is 0 Å². The maximum atomic E-state index is 11.7. The minimum atomic E-state index is -4.98. The molecule has 0 heterocycles. The van der Waals surface area contributed by atoms with Crippen molar-refractivity contribution in [3.8, 4) is 0 Å². The Bertz CT molecular complexity index is 225. The van der Waals surface area contributed by atoms with Crippen LogP contribution in [0, 0.1) is 5.92 Å². The van der Waals surface area contributed by atoms with E-state index in [2.05, 4.69) is 4.74 Å². The molecule has 0 bridgehead atoms. The van der Waals surface area contributed by atoms with E-state index in [-0.39, 0.29) is 13.2 Å². The van der Waals surface area contributed by atoms with Gasteiger partial charge in [0, 0.05) is 6.61 Å². The van der Waals surface area contributed by atoms with E-state index >= 15 is 0 Å². The number of alkyl halides is 3. The normalized spacial score (nSPS) is 12.2. The number of ether oxygens (including phenoxy) is 1. The maximum absolute atomic E-state index is 11.7. The predicted molar refractivity (Wildman–Crippen MR) is 49.6 cm³/mol. The van der Waals surface area contributed by atoms with Crippen LogP contribution in [0.2, 0.25) is 0 Å². The molecule has 0 saturated heterocycles. The largest absolute Gasteiger partial charge is 0.465 e. The molecule has 0 spiro atoms. The molecular weight excluding hydrogens is 229 g/mol. The first-order valence-electron chi connectivity index (χ1n) is 4.60. The minimum Gasteiger partial charge on any atom is -0.465 e. The second kappa shape index (κ2) is 8.09. The Morgan fingerprint density at radius 3 is 1.94 bits per heavy atom. The van der Waals surface area contributed by atoms with Gasteiger partial charge >= 0.3 is 12.1 Å². The first-order chi connectivity index (χ1) is 7.22. The van der Waals surface area contributed by atoms with E-state index in [1.165, 1.54) is 6.92 Å². The molecule has 16 heavy (non-hydrogen) atoms. The van der Waals surface area contributed by atoms with Gasteiger partial charge in [-0.2, -0.15) is 13.2 Å². The molecule has 0 aromatic heterocycles. The van der Waals surface area contributed by atoms with Crippen LogP contribution in [0.4, 0.5) is 13.2 Å². The van der Waals surface area contributed by atoms with Gasteiger partial charge in [-0.05, 0) is 20.8 Å². The third-order valence-corrected chi connectivity index (χ3v) is 1.31. The summed E-state index contributed by atoms with van der Waals surface area (Å²) in [5.74, 6) is -5.00. The molecule has 7 heteroatoms. The van der Waals surface area contributed by atoms with Crippen molar-refractivity contribution in [2.45, 2.75) is 26.9 Å². The summed E-state index contributed by atoms with van der Waals surface area (Å²) in [4.78, 5) is 21.1. The second-order valence-electron chi connectivity index (χ2n) is 2.65. The molecule has 1 N–H and O–H groups in total. The summed E-state index contributed by atoms with van der Waals surface area (Å²) in [5.41, 5.74) is 0. The SMILES string of the molecule is CCO.CCOC(=O)C(C)C(=O)C(F)(F)F. The Kier molecular flexibility index (Phi) is 8.74. The van der Waals surface area contributed by atoms with Crippen molar-refractivity contribution < 1.29 is 32.6 Å². The summed E-state index contributed by atoms with van der Waals surface area (Å²) in [6, 6.07) is 0. The fourth-order valence-corrected chi connectivity index (χ4v) is 0.620. The van der Waals surface area contributed by atoms with Gasteiger partial charge in [0.2, 0.25) is 5.78 Å². The molecule has 0 saturated carbocycles. The predicted octanol–water partition coefficient (Wildman–Crippen LogP) is 1.32. The highest BCUT2D eigenvalue weighted by atomic mass is 19.4. The van der Waals surface area contributed by atoms with Gasteiger partial charge in [0.15, 0.2) is 0 Å². The van der Waals surface area contributed by atoms with Crippen LogP contribution < -0.4 is 0 Å². The number of aliphatic hydroxyl groups excluding tert-OH is 1. The number of ketones is 1. The van der Waals surface area contributed by atoms with Gasteiger partial charge in [0.1, 0.15) is 5.92 Å². The molecule has 0 aromatic carbocycles. The molecule has 0 rings (SSSR count). The molecular formula is C9H15F3O4. The number of carbonyl (C=O) groups excluding carboxylic acids is 2. The summed E-state index contributed by atoms with van der Waals surface area (Å²) < 4.78 is 39.5. The monoisotopic (exact) mass is 244 g/mol. The van der Waals surface area contributed by atoms with Crippen LogP contribution in [-0.4, -0.2) is 36.2 Å². The van der Waals surface area contributed by atoms with Crippen molar-refractivity contribution in [3.05, 3.63) is 0 Å². The number of aliphatic hydroxyl groups is 1. The molecule has 4 nitrogen and oxygen atoms in total. The number of Topliss-reactive ketones (excluding diaryl/α,β-unsaturated/α-hetero) is 1. The third-order valence-electron chi connectivity index (χ3n) is 1.31. The number of halogens is 3. The molecule has 0 aromatic rings. The van der Waals surface area contributed by atoms with E-state index in [4.69, 9.17) is 5.11 Å². The highest BCUT2D eigenvalue weighted by molar-refractivity contribution is 6.01. The van der Waals surface area contributed by atoms with Crippen LogP contribution in [-0.2, 0) is 14.3 Å². The average molecular weight is 244 g/mol. The van der Waals surface area contributed by atoms with Gasteiger partial charge < -0.3 is 9.84 Å². The van der Waals surface area contributed by atoms with Gasteiger partial charge in [-0.15, -0.1) is 0 Å². The Balaban J connectivity index is 0. The Morgan fingerprint density at radius 1 is 1.31 bits per heavy atom. The number of esters is 1. The van der Waals surface area contributed by atoms with Crippen LogP contribution >= 0.6 is 0 Å². The fourth-order valence-electron chi connectivity index (χ4n) is 0.620. The van der Waals surface area contributed by atoms with Crippen molar-refractivity contribution in [2.24, 2.45) is 5.92 Å². The van der Waals surface area contributed by atoms with E-state index in [0.717, 1.165) is 6.92 Å². The second-order valence-corrected chi connectivity index (χ2v) is 2.65. The number of carbonyl (C=O) groups is 2. The van der Waals surface area contributed by atoms with Crippen molar-refractivity contribution in [1.29, 1.82) is 0 Å². The van der Waals surface area contributed by atoms with Crippen molar-refractivity contribution in [3.63, 3.8) is 0 Å². The molecule has 0 aliphatic heterocycles. The number of rotatable bonds is 3. The molecule has 1 unspecified atom stereocenters. The Morgan fingerprint density at radius 2 is 1.69 bits per heavy atom. The standard InChI is InChI=1S/C7H9F3O3.C2H6O/c1-3-13-6(12)4(2)5(11)7(8,9)10;1-2-3/h4H,3H2,1-2H3;3H,2H2,1H3. The third kappa shape index (κ3) is 7.22. The van der Waals surface area contributed by atoms with Gasteiger partial charge in [-0.25, -0.2) is 0 Å². The Labute approximate surface area is 91.4 Å². The lowest BCUT2D eigenvalue weighted by molar-refractivity contribution is -0.180. The van der Waals surface area contributed by atoms with E-state index in [1.807, 2.05) is 0 Å². The van der Waals surface area contributed by atoms with Crippen LogP contribution in [0.25, 0.3) is 0 Å². The van der Waals surface area contributed by atoms with Crippen LogP contribution in [0.5, 0.6) is 0 Å². The lowest BCUT2D eigenvalue weighted by atomic mass is 10.1. The number of hydrogen-bond donors (Lipinski definition) is 1. The van der Waals surface area contributed by atoms with Gasteiger partial charge in [-0.1, -0.05) is 0 Å². The molecule has 0 aliphatic carbocycles. The zero-order valence-electron chi connectivity index (χ0n) is 9.30. The summed E-state index contributed by atoms with van der Waals surface area (Å²) in [6.07, 6.45) is -4.98. The zero-order valence-corrected chi connectivity index (χ0v) is 9.30. The molecule has 0 aliphatic rings. The van der Waals surface area contributed by atoms with Gasteiger partial charge in [0.25, 0.3) is 0 Å². The summed E-state index contributed by atoms with van der Waals surface area (Å²) in [6.45, 7) is 4.20. The minimum absolute atomic E-state index is 0.0473. The first-order valence-corrected chi connectivity index (χ1v) is 4.60. The van der Waals surface area contributed by atoms with E-state index in [1.54, 1.807) is 6.92 Å². The smallest absolute Gasteiger partial charge is 0.450 e. The van der Waals surface area contributed by atoms with Crippen molar-refractivity contribution >= 4 is 11.8 Å². The van der Waals surface area contributed by atoms with Crippen LogP contribution in [0.1, 0.15) is 20.8 Å². The Hall–Kier alpha value is -1.11. The molecule has 96 valence electrons. The van der Waals surface area contributed by atoms with E-state index in [9.17, 15) is 22.8 Å². The van der Waals surface area contributed by atoms with Gasteiger partial charge in [-0.3, -0.25) is 9.59 Å². The zero-order chi connectivity index (χ0) is 13.4. The topological polar surface area (TPSA) is 63.6 Å². The molecule has 0 radical (unpaired) electrons. The number of hydrogen-bond acceptors (Lipinski definition) is 4. The molecule has 0 fully saturated rings. The fraction of sp³-hybridized carbons (Fsp3) is 0.778. The summed E-state index contributed by atoms with van der Waals surface area (Å²) >= 11 is 0. The quantitative estimate of drug-likeness (QED) is 0.600. The molecule has 1 atom stereocenters. The van der Waals surface area contributed by atoms with Crippen molar-refractivity contribution in [2.75, 3.05) is 13.2 Å². The lowest BCUT2D eigenvalue weighted by Crippen LogP contribution is -2.34. The summed E-state index contributed by atoms with van der Waals surface area (Å²) in [7, 11) is 0. The average Bonchev–Trinajstić information content (AvgIpc) is 2.15. The van der Waals surface area contributed by atoms with Crippen LogP contribution in [0.3, 0.4) is 0 Å². The highest BCUT2D eigenvalue weighted by Gasteiger charge is 2.44. The lowest BCUT2D eigenvalue weighted by Gasteiger charge is -2.10. The highest BCUT2D eigenvalue weighted by Crippen LogP contribution is 2.21. The first kappa shape index (κ1) is 17.3.